The van der Waals surface area contributed by atoms with Crippen LogP contribution in [0.5, 0.6) is 5.75 Å². The number of ether oxygens (including phenoxy) is 2. The average Bonchev–Trinajstić information content (AvgIpc) is 3.50. The van der Waals surface area contributed by atoms with Crippen LogP contribution in [0.25, 0.3) is 11.5 Å². The van der Waals surface area contributed by atoms with Gasteiger partial charge in [0.25, 0.3) is 0 Å². The van der Waals surface area contributed by atoms with Crippen LogP contribution in [0.3, 0.4) is 0 Å². The molecule has 0 saturated carbocycles. The summed E-state index contributed by atoms with van der Waals surface area (Å²) in [5.74, 6) is 1.70. The first-order valence-electron chi connectivity index (χ1n) is 12.2. The summed E-state index contributed by atoms with van der Waals surface area (Å²) in [5, 5.41) is 8.03. The molecule has 0 bridgehead atoms. The number of para-hydroxylation sites is 1. The summed E-state index contributed by atoms with van der Waals surface area (Å²) in [4.78, 5) is 15.6. The molecule has 2 aromatic heterocycles. The molecular weight excluding hydrogens is 454 g/mol. The molecule has 1 aliphatic heterocycles. The van der Waals surface area contributed by atoms with E-state index in [1.54, 1.807) is 14.2 Å². The molecule has 186 valence electrons. The third kappa shape index (κ3) is 4.24. The first-order valence-corrected chi connectivity index (χ1v) is 12.2. The molecule has 8 heteroatoms. The van der Waals surface area contributed by atoms with Crippen molar-refractivity contribution in [3.63, 3.8) is 0 Å². The number of hydrogen-bond acceptors (Lipinski definition) is 4. The molecule has 8 nitrogen and oxygen atoms in total. The average molecular weight is 486 g/mol. The Labute approximate surface area is 211 Å². The van der Waals surface area contributed by atoms with Crippen LogP contribution in [0.2, 0.25) is 0 Å². The molecule has 36 heavy (non-hydrogen) atoms. The number of hydrogen-bond donors (Lipinski definition) is 1. The topological polar surface area (TPSA) is 73.6 Å². The van der Waals surface area contributed by atoms with E-state index in [-0.39, 0.29) is 12.1 Å². The van der Waals surface area contributed by atoms with E-state index in [1.165, 1.54) is 0 Å². The van der Waals surface area contributed by atoms with Gasteiger partial charge in [-0.25, -0.2) is 9.48 Å². The summed E-state index contributed by atoms with van der Waals surface area (Å²) in [7, 11) is 3.28. The van der Waals surface area contributed by atoms with Gasteiger partial charge in [-0.3, -0.25) is 0 Å². The summed E-state index contributed by atoms with van der Waals surface area (Å²) in [6, 6.07) is 21.6. The van der Waals surface area contributed by atoms with Gasteiger partial charge in [0, 0.05) is 25.4 Å². The van der Waals surface area contributed by atoms with Gasteiger partial charge >= 0.3 is 6.03 Å². The monoisotopic (exact) mass is 485 g/mol. The van der Waals surface area contributed by atoms with Crippen molar-refractivity contribution in [2.24, 2.45) is 0 Å². The number of aryl methyl sites for hydroxylation is 1. The fourth-order valence-corrected chi connectivity index (χ4v) is 4.87. The number of amides is 2. The number of fused-ring (bicyclic) bond motifs is 3. The molecule has 5 rings (SSSR count). The van der Waals surface area contributed by atoms with Gasteiger partial charge in [0.15, 0.2) is 0 Å². The third-order valence-corrected chi connectivity index (χ3v) is 6.56. The minimum Gasteiger partial charge on any atom is -0.497 e. The number of nitrogens with zero attached hydrogens (tertiary/aromatic N) is 4. The fraction of sp³-hybridized carbons (Fsp3) is 0.286. The van der Waals surface area contributed by atoms with Crippen LogP contribution in [0, 0.1) is 0 Å². The molecule has 0 radical (unpaired) electrons. The van der Waals surface area contributed by atoms with Crippen LogP contribution in [-0.2, 0) is 17.7 Å². The van der Waals surface area contributed by atoms with Gasteiger partial charge in [0.05, 0.1) is 43.4 Å². The van der Waals surface area contributed by atoms with Gasteiger partial charge in [-0.1, -0.05) is 37.3 Å². The minimum absolute atomic E-state index is 0.157. The Bertz CT molecular complexity index is 1340. The number of aromatic nitrogens is 3. The van der Waals surface area contributed by atoms with E-state index in [2.05, 4.69) is 35.0 Å². The van der Waals surface area contributed by atoms with Crippen LogP contribution >= 0.6 is 0 Å². The number of methoxy groups -OCH3 is 2. The maximum atomic E-state index is 13.7. The lowest BCUT2D eigenvalue weighted by atomic mass is 10.0. The van der Waals surface area contributed by atoms with Crippen LogP contribution in [-0.4, -0.2) is 52.6 Å². The van der Waals surface area contributed by atoms with Gasteiger partial charge in [-0.15, -0.1) is 0 Å². The molecule has 2 aromatic carbocycles. The second kappa shape index (κ2) is 10.3. The summed E-state index contributed by atoms with van der Waals surface area (Å²) in [6.45, 7) is 3.38. The Balaban J connectivity index is 1.72. The van der Waals surface area contributed by atoms with E-state index < -0.39 is 0 Å². The van der Waals surface area contributed by atoms with Crippen molar-refractivity contribution in [1.29, 1.82) is 0 Å². The number of urea groups is 1. The predicted molar refractivity (Wildman–Crippen MR) is 138 cm³/mol. The summed E-state index contributed by atoms with van der Waals surface area (Å²) >= 11 is 0. The van der Waals surface area contributed by atoms with Gasteiger partial charge in [0.1, 0.15) is 11.6 Å². The minimum atomic E-state index is -0.334. The predicted octanol–water partition coefficient (Wildman–Crippen LogP) is 4.50. The number of carbonyl (C=O) groups is 1. The zero-order chi connectivity index (χ0) is 25.1. The Kier molecular flexibility index (Phi) is 6.77. The number of carbonyl (C=O) groups excluding carboxylic acids is 1. The second-order valence-corrected chi connectivity index (χ2v) is 8.68. The molecule has 4 aromatic rings. The van der Waals surface area contributed by atoms with Crippen LogP contribution in [0.4, 0.5) is 4.79 Å². The molecule has 1 atom stereocenters. The summed E-state index contributed by atoms with van der Waals surface area (Å²) < 4.78 is 14.9. The van der Waals surface area contributed by atoms with Crippen molar-refractivity contribution < 1.29 is 14.3 Å². The molecule has 0 aliphatic carbocycles. The Morgan fingerprint density at radius 1 is 1.08 bits per heavy atom. The van der Waals surface area contributed by atoms with E-state index in [0.29, 0.717) is 19.7 Å². The molecule has 1 N–H and O–H groups in total. The maximum absolute atomic E-state index is 13.7. The van der Waals surface area contributed by atoms with Crippen LogP contribution in [0.15, 0.2) is 72.9 Å². The van der Waals surface area contributed by atoms with E-state index in [9.17, 15) is 4.79 Å². The maximum Gasteiger partial charge on any atom is 0.318 e. The first-order chi connectivity index (χ1) is 17.7. The van der Waals surface area contributed by atoms with Crippen LogP contribution < -0.4 is 10.1 Å². The highest BCUT2D eigenvalue weighted by atomic mass is 16.5. The molecule has 3 heterocycles. The Morgan fingerprint density at radius 3 is 2.67 bits per heavy atom. The highest BCUT2D eigenvalue weighted by molar-refractivity contribution is 5.76. The molecule has 1 aliphatic rings. The van der Waals surface area contributed by atoms with Gasteiger partial charge < -0.3 is 24.3 Å². The molecule has 0 fully saturated rings. The van der Waals surface area contributed by atoms with Crippen molar-refractivity contribution in [3.05, 3.63) is 95.4 Å². The Morgan fingerprint density at radius 2 is 1.92 bits per heavy atom. The fourth-order valence-electron chi connectivity index (χ4n) is 4.87. The highest BCUT2D eigenvalue weighted by Crippen LogP contribution is 2.39. The van der Waals surface area contributed by atoms with Crippen LogP contribution in [0.1, 0.15) is 35.5 Å². The van der Waals surface area contributed by atoms with Crippen molar-refractivity contribution in [3.8, 4) is 17.3 Å². The smallest absolute Gasteiger partial charge is 0.318 e. The highest BCUT2D eigenvalue weighted by Gasteiger charge is 2.36. The molecule has 0 spiro atoms. The van der Waals surface area contributed by atoms with Gasteiger partial charge in [-0.05, 0) is 48.4 Å². The SMILES string of the molecule is CCc1nn(-c2ccccc2)c2c1CN(C(=O)NCCOC)C(c1cccc(OC)c1)c1cccn1-2. The summed E-state index contributed by atoms with van der Waals surface area (Å²) in [6.07, 6.45) is 2.80. The van der Waals surface area contributed by atoms with Crippen molar-refractivity contribution in [1.82, 2.24) is 24.6 Å². The largest absolute Gasteiger partial charge is 0.497 e. The van der Waals surface area contributed by atoms with Gasteiger partial charge in [-0.2, -0.15) is 5.10 Å². The standard InChI is InChI=1S/C28H31N5O3/c1-4-24-23-19-32(28(34)29-15-17-35-2)26(20-10-8-13-22(18-20)36-3)25-14-9-16-31(25)27(23)33(30-24)21-11-6-5-7-12-21/h5-14,16,18,26H,4,15,17,19H2,1-3H3,(H,29,34). The van der Waals surface area contributed by atoms with E-state index in [4.69, 9.17) is 14.6 Å². The van der Waals surface area contributed by atoms with Crippen molar-refractivity contribution >= 4 is 6.03 Å². The molecule has 0 saturated heterocycles. The Hall–Kier alpha value is -4.04. The summed E-state index contributed by atoms with van der Waals surface area (Å²) in [5.41, 5.74) is 4.92. The van der Waals surface area contributed by atoms with Crippen molar-refractivity contribution in [2.75, 3.05) is 27.4 Å². The van der Waals surface area contributed by atoms with E-state index >= 15 is 0 Å². The van der Waals surface area contributed by atoms with Crippen molar-refractivity contribution in [2.45, 2.75) is 25.9 Å². The third-order valence-electron chi connectivity index (χ3n) is 6.56. The number of nitrogens with one attached hydrogen (secondary N) is 1. The number of benzene rings is 2. The quantitative estimate of drug-likeness (QED) is 0.392. The second-order valence-electron chi connectivity index (χ2n) is 8.68. The molecule has 1 unspecified atom stereocenters. The lowest BCUT2D eigenvalue weighted by Gasteiger charge is -2.31. The molecule has 2 amide bonds. The zero-order valence-electron chi connectivity index (χ0n) is 20.8. The van der Waals surface area contributed by atoms with Gasteiger partial charge in [0.2, 0.25) is 0 Å². The first kappa shape index (κ1) is 23.7. The lowest BCUT2D eigenvalue weighted by molar-refractivity contribution is 0.168. The number of rotatable bonds is 7. The zero-order valence-corrected chi connectivity index (χ0v) is 20.8. The molecular formula is C28H31N5O3. The van der Waals surface area contributed by atoms with E-state index in [1.807, 2.05) is 64.3 Å². The normalized spacial score (nSPS) is 14.6. The lowest BCUT2D eigenvalue weighted by Crippen LogP contribution is -2.43. The van der Waals surface area contributed by atoms with E-state index in [0.717, 1.165) is 46.2 Å².